The molecule has 4 heterocycles. The maximum absolute atomic E-state index is 5.16. The number of hydrogen-bond acceptors (Lipinski definition) is 10. The maximum Gasteiger partial charge on any atom is 0.164 e. The minimum atomic E-state index is 0.0805. The van der Waals surface area contributed by atoms with Gasteiger partial charge in [-0.25, -0.2) is 44.9 Å². The molecule has 0 fully saturated rings. The molecule has 4 aromatic carbocycles. The van der Waals surface area contributed by atoms with Gasteiger partial charge in [0.15, 0.2) is 34.9 Å². The largest absolute Gasteiger partial charge is 0.264 e. The zero-order chi connectivity index (χ0) is 39.5. The summed E-state index contributed by atoms with van der Waals surface area (Å²) in [5.41, 5.74) is 6.88. The average Bonchev–Trinajstić information content (AvgIpc) is 3.26. The summed E-state index contributed by atoms with van der Waals surface area (Å²) in [6.07, 6.45) is 3.62. The average molecular weight is 747 g/mol. The fourth-order valence-electron chi connectivity index (χ4n) is 6.28. The van der Waals surface area contributed by atoms with E-state index in [1.165, 1.54) is 0 Å². The number of benzene rings is 4. The van der Waals surface area contributed by atoms with Gasteiger partial charge < -0.3 is 0 Å². The Morgan fingerprint density at radius 2 is 0.649 bits per heavy atom. The Morgan fingerprint density at radius 3 is 1.12 bits per heavy atom. The van der Waals surface area contributed by atoms with E-state index in [1.54, 1.807) is 6.20 Å². The Bertz CT molecular complexity index is 2640. The highest BCUT2D eigenvalue weighted by Gasteiger charge is 2.19. The molecule has 0 N–H and O–H groups in total. The van der Waals surface area contributed by atoms with Crippen molar-refractivity contribution < 1.29 is 0 Å². The van der Waals surface area contributed by atoms with Crippen LogP contribution in [0.5, 0.6) is 0 Å². The van der Waals surface area contributed by atoms with E-state index in [4.69, 9.17) is 44.9 Å². The molecule has 0 saturated carbocycles. The molecule has 0 spiro atoms. The second-order valence-electron chi connectivity index (χ2n) is 14.8. The zero-order valence-electron chi connectivity index (χ0n) is 32.8. The van der Waals surface area contributed by atoms with Gasteiger partial charge in [-0.15, -0.1) is 0 Å². The fraction of sp³-hybridized carbons (Fsp3) is 0.191. The van der Waals surface area contributed by atoms with Gasteiger partial charge in [-0.1, -0.05) is 126 Å². The summed E-state index contributed by atoms with van der Waals surface area (Å²) in [7, 11) is 0. The van der Waals surface area contributed by atoms with Crippen LogP contribution in [0.15, 0.2) is 128 Å². The molecule has 280 valence electrons. The number of aromatic nitrogens is 10. The SMILES string of the molecule is CC(C)c1nc(-c2ccccc2)nc(-c2cc(-c3cccnc3)cc(-c3nc(-c4ccccc4)nc(-c4cccc(-c5nc(C(C)C)nc(C(C)C)n5)c4)n3)c2)n1. The number of rotatable bonds is 10. The highest BCUT2D eigenvalue weighted by atomic mass is 15.1. The van der Waals surface area contributed by atoms with Gasteiger partial charge in [-0.3, -0.25) is 4.98 Å². The lowest BCUT2D eigenvalue weighted by atomic mass is 9.99. The molecule has 4 aromatic heterocycles. The molecule has 10 heteroatoms. The molecular weight excluding hydrogens is 705 g/mol. The standard InChI is InChI=1S/C47H42N10/c1-28(2)39-49-40(29(3)4)52-44(51-39)33-19-13-20-34(23-33)45-54-43(32-17-11-8-12-18-32)56-47(57-45)38-25-36(35-21-14-22-48-27-35)24-37(26-38)46-53-41(30(5)6)50-42(55-46)31-15-9-7-10-16-31/h7-30H,1-6H3. The Kier molecular flexibility index (Phi) is 10.4. The summed E-state index contributed by atoms with van der Waals surface area (Å²) in [4.78, 5) is 49.1. The Hall–Kier alpha value is -6.94. The van der Waals surface area contributed by atoms with Crippen molar-refractivity contribution in [2.75, 3.05) is 0 Å². The Morgan fingerprint density at radius 1 is 0.298 bits per heavy atom. The van der Waals surface area contributed by atoms with Gasteiger partial charge in [0, 0.05) is 69.1 Å². The van der Waals surface area contributed by atoms with Crippen molar-refractivity contribution in [3.05, 3.63) is 145 Å². The summed E-state index contributed by atoms with van der Waals surface area (Å²) in [5, 5.41) is 0. The van der Waals surface area contributed by atoms with Crippen molar-refractivity contribution >= 4 is 0 Å². The normalized spacial score (nSPS) is 11.5. The molecule has 0 aliphatic carbocycles. The van der Waals surface area contributed by atoms with E-state index in [1.807, 2.05) is 109 Å². The second kappa shape index (κ2) is 16.0. The van der Waals surface area contributed by atoms with Crippen LogP contribution in [0.4, 0.5) is 0 Å². The van der Waals surface area contributed by atoms with Gasteiger partial charge in [-0.05, 0) is 35.9 Å². The topological polar surface area (TPSA) is 129 Å². The quantitative estimate of drug-likeness (QED) is 0.133. The third-order valence-corrected chi connectivity index (χ3v) is 9.39. The summed E-state index contributed by atoms with van der Waals surface area (Å²) < 4.78 is 0. The van der Waals surface area contributed by atoms with E-state index in [9.17, 15) is 0 Å². The number of nitrogens with zero attached hydrogens (tertiary/aromatic N) is 10. The first-order valence-electron chi connectivity index (χ1n) is 19.2. The van der Waals surface area contributed by atoms with Crippen molar-refractivity contribution in [2.45, 2.75) is 59.3 Å². The Labute approximate surface area is 332 Å². The summed E-state index contributed by atoms with van der Waals surface area (Å²) in [6, 6.07) is 38.2. The number of pyridine rings is 1. The third-order valence-electron chi connectivity index (χ3n) is 9.39. The molecule has 0 atom stereocenters. The summed E-state index contributed by atoms with van der Waals surface area (Å²) in [5.74, 6) is 5.99. The lowest BCUT2D eigenvalue weighted by molar-refractivity contribution is 0.697. The molecule has 0 aliphatic heterocycles. The van der Waals surface area contributed by atoms with Crippen LogP contribution in [0.3, 0.4) is 0 Å². The highest BCUT2D eigenvalue weighted by Crippen LogP contribution is 2.34. The minimum absolute atomic E-state index is 0.0805. The number of hydrogen-bond donors (Lipinski definition) is 0. The lowest BCUT2D eigenvalue weighted by Gasteiger charge is -2.14. The minimum Gasteiger partial charge on any atom is -0.264 e. The van der Waals surface area contributed by atoms with Crippen molar-refractivity contribution in [2.24, 2.45) is 0 Å². The predicted octanol–water partition coefficient (Wildman–Crippen LogP) is 10.7. The van der Waals surface area contributed by atoms with Crippen molar-refractivity contribution in [1.29, 1.82) is 0 Å². The monoisotopic (exact) mass is 746 g/mol. The first-order chi connectivity index (χ1) is 27.7. The second-order valence-corrected chi connectivity index (χ2v) is 14.8. The van der Waals surface area contributed by atoms with E-state index < -0.39 is 0 Å². The zero-order valence-corrected chi connectivity index (χ0v) is 32.8. The van der Waals surface area contributed by atoms with Crippen LogP contribution in [0, 0.1) is 0 Å². The van der Waals surface area contributed by atoms with E-state index in [0.29, 0.717) is 40.8 Å². The van der Waals surface area contributed by atoms with Crippen molar-refractivity contribution in [3.63, 3.8) is 0 Å². The molecule has 0 unspecified atom stereocenters. The van der Waals surface area contributed by atoms with Crippen LogP contribution in [0.2, 0.25) is 0 Å². The molecular formula is C47H42N10. The lowest BCUT2D eigenvalue weighted by Crippen LogP contribution is -2.08. The van der Waals surface area contributed by atoms with Gasteiger partial charge in [-0.2, -0.15) is 0 Å². The van der Waals surface area contributed by atoms with Gasteiger partial charge in [0.05, 0.1) is 0 Å². The summed E-state index contributed by atoms with van der Waals surface area (Å²) in [6.45, 7) is 12.6. The van der Waals surface area contributed by atoms with Gasteiger partial charge in [0.2, 0.25) is 0 Å². The molecule has 0 bridgehead atoms. The first kappa shape index (κ1) is 37.0. The molecule has 10 nitrogen and oxygen atoms in total. The molecule has 57 heavy (non-hydrogen) atoms. The molecule has 0 saturated heterocycles. The molecule has 0 amide bonds. The van der Waals surface area contributed by atoms with Crippen LogP contribution in [-0.2, 0) is 0 Å². The van der Waals surface area contributed by atoms with E-state index >= 15 is 0 Å². The van der Waals surface area contributed by atoms with Crippen LogP contribution >= 0.6 is 0 Å². The third kappa shape index (κ3) is 8.21. The first-order valence-corrected chi connectivity index (χ1v) is 19.2. The predicted molar refractivity (Wildman–Crippen MR) is 225 cm³/mol. The maximum atomic E-state index is 5.16. The van der Waals surface area contributed by atoms with E-state index in [2.05, 4.69) is 58.7 Å². The van der Waals surface area contributed by atoms with Crippen LogP contribution in [0.25, 0.3) is 79.5 Å². The van der Waals surface area contributed by atoms with Crippen molar-refractivity contribution in [3.8, 4) is 79.5 Å². The van der Waals surface area contributed by atoms with Crippen LogP contribution in [0.1, 0.15) is 76.8 Å². The van der Waals surface area contributed by atoms with Crippen LogP contribution < -0.4 is 0 Å². The fourth-order valence-corrected chi connectivity index (χ4v) is 6.28. The summed E-state index contributed by atoms with van der Waals surface area (Å²) >= 11 is 0. The molecule has 0 radical (unpaired) electrons. The van der Waals surface area contributed by atoms with Gasteiger partial charge in [0.1, 0.15) is 17.5 Å². The Balaban J connectivity index is 1.32. The smallest absolute Gasteiger partial charge is 0.164 e. The highest BCUT2D eigenvalue weighted by molar-refractivity contribution is 5.79. The molecule has 8 rings (SSSR count). The van der Waals surface area contributed by atoms with Crippen LogP contribution in [-0.4, -0.2) is 49.8 Å². The van der Waals surface area contributed by atoms with E-state index in [-0.39, 0.29) is 17.8 Å². The molecule has 0 aliphatic rings. The van der Waals surface area contributed by atoms with E-state index in [0.717, 1.165) is 56.2 Å². The molecule has 8 aromatic rings. The van der Waals surface area contributed by atoms with Crippen molar-refractivity contribution in [1.82, 2.24) is 49.8 Å². The van der Waals surface area contributed by atoms with Gasteiger partial charge in [0.25, 0.3) is 0 Å². The van der Waals surface area contributed by atoms with Gasteiger partial charge >= 0.3 is 0 Å².